The maximum absolute atomic E-state index is 6.54. The zero-order valence-corrected chi connectivity index (χ0v) is 30.7. The van der Waals surface area contributed by atoms with E-state index in [0.29, 0.717) is 5.82 Å². The zero-order chi connectivity index (χ0) is 37.5. The van der Waals surface area contributed by atoms with Crippen LogP contribution in [-0.4, -0.2) is 19.1 Å². The molecule has 266 valence electrons. The predicted molar refractivity (Wildman–Crippen MR) is 234 cm³/mol. The SMILES string of the molecule is c1ccc(-c2cc(-c3ccccc3)nc(-c3cccc(-n4c5ccc6c7ccccc7n(-c7ccccc7)c6c5c5ccc6oc7ccccc7c6c54)c3)n2)cc1. The van der Waals surface area contributed by atoms with Crippen molar-refractivity contribution in [3.63, 3.8) is 0 Å². The van der Waals surface area contributed by atoms with E-state index in [4.69, 9.17) is 14.4 Å². The molecule has 12 rings (SSSR count). The Hall–Kier alpha value is -7.76. The summed E-state index contributed by atoms with van der Waals surface area (Å²) < 4.78 is 11.4. The van der Waals surface area contributed by atoms with E-state index in [9.17, 15) is 0 Å². The summed E-state index contributed by atoms with van der Waals surface area (Å²) in [6.45, 7) is 0. The molecule has 0 saturated carbocycles. The molecule has 0 bridgehead atoms. The fraction of sp³-hybridized carbons (Fsp3) is 0. The van der Waals surface area contributed by atoms with Gasteiger partial charge in [0.25, 0.3) is 0 Å². The summed E-state index contributed by atoms with van der Waals surface area (Å²) in [4.78, 5) is 10.4. The minimum absolute atomic E-state index is 0.670. The van der Waals surface area contributed by atoms with Crippen molar-refractivity contribution in [2.24, 2.45) is 0 Å². The number of aromatic nitrogens is 4. The summed E-state index contributed by atoms with van der Waals surface area (Å²) in [5.74, 6) is 0.670. The van der Waals surface area contributed by atoms with Crippen LogP contribution >= 0.6 is 0 Å². The molecule has 0 atom stereocenters. The Balaban J connectivity index is 1.19. The van der Waals surface area contributed by atoms with E-state index >= 15 is 0 Å². The molecule has 12 aromatic rings. The monoisotopic (exact) mass is 728 g/mol. The molecule has 0 aliphatic carbocycles. The largest absolute Gasteiger partial charge is 0.456 e. The molecule has 0 radical (unpaired) electrons. The van der Waals surface area contributed by atoms with Gasteiger partial charge in [-0.1, -0.05) is 133 Å². The first-order valence-corrected chi connectivity index (χ1v) is 19.3. The molecule has 57 heavy (non-hydrogen) atoms. The second-order valence-electron chi connectivity index (χ2n) is 14.6. The van der Waals surface area contributed by atoms with Crippen molar-refractivity contribution in [3.8, 4) is 45.3 Å². The number of rotatable bonds is 5. The van der Waals surface area contributed by atoms with Crippen molar-refractivity contribution < 1.29 is 4.42 Å². The highest BCUT2D eigenvalue weighted by Crippen LogP contribution is 2.46. The minimum atomic E-state index is 0.670. The summed E-state index contributed by atoms with van der Waals surface area (Å²) in [7, 11) is 0. The van der Waals surface area contributed by atoms with Crippen LogP contribution in [0.5, 0.6) is 0 Å². The van der Waals surface area contributed by atoms with Gasteiger partial charge in [0.1, 0.15) is 11.2 Å². The van der Waals surface area contributed by atoms with Crippen LogP contribution in [0.15, 0.2) is 199 Å². The first-order valence-electron chi connectivity index (χ1n) is 19.3. The van der Waals surface area contributed by atoms with Crippen LogP contribution in [0, 0.1) is 0 Å². The topological polar surface area (TPSA) is 48.8 Å². The third-order valence-electron chi connectivity index (χ3n) is 11.3. The van der Waals surface area contributed by atoms with Crippen molar-refractivity contribution in [2.75, 3.05) is 0 Å². The molecule has 0 amide bonds. The number of furan rings is 1. The maximum atomic E-state index is 6.54. The lowest BCUT2D eigenvalue weighted by atomic mass is 10.1. The number of benzene rings is 8. The van der Waals surface area contributed by atoms with E-state index in [1.807, 2.05) is 18.2 Å². The maximum Gasteiger partial charge on any atom is 0.160 e. The quantitative estimate of drug-likeness (QED) is 0.177. The molecule has 0 saturated heterocycles. The van der Waals surface area contributed by atoms with E-state index in [2.05, 4.69) is 185 Å². The van der Waals surface area contributed by atoms with Gasteiger partial charge in [-0.3, -0.25) is 0 Å². The highest BCUT2D eigenvalue weighted by molar-refractivity contribution is 6.31. The highest BCUT2D eigenvalue weighted by Gasteiger charge is 2.24. The summed E-state index contributed by atoms with van der Waals surface area (Å²) in [6.07, 6.45) is 0. The van der Waals surface area contributed by atoms with Gasteiger partial charge in [-0.05, 0) is 60.7 Å². The number of hydrogen-bond acceptors (Lipinski definition) is 3. The van der Waals surface area contributed by atoms with E-state index < -0.39 is 0 Å². The first kappa shape index (κ1) is 31.6. The Bertz CT molecular complexity index is 3450. The fourth-order valence-electron chi connectivity index (χ4n) is 8.84. The standard InChI is InChI=1S/C52H32N4O/c1-4-15-33(16-5-1)42-32-43(34-17-6-2-7-18-34)54-52(53-42)35-19-14-22-37(31-35)56-45-29-27-39-38-23-10-12-25-44(38)55(36-20-8-3-9-21-36)50(39)48(45)41-28-30-47-49(51(41)56)40-24-11-13-26-46(40)57-47/h1-32H. The van der Waals surface area contributed by atoms with Gasteiger partial charge in [-0.2, -0.15) is 0 Å². The van der Waals surface area contributed by atoms with Gasteiger partial charge in [-0.25, -0.2) is 9.97 Å². The lowest BCUT2D eigenvalue weighted by Gasteiger charge is -2.13. The minimum Gasteiger partial charge on any atom is -0.456 e. The Morgan fingerprint density at radius 2 is 0.930 bits per heavy atom. The van der Waals surface area contributed by atoms with Crippen LogP contribution in [0.2, 0.25) is 0 Å². The fourth-order valence-corrected chi connectivity index (χ4v) is 8.84. The van der Waals surface area contributed by atoms with Crippen molar-refractivity contribution in [1.29, 1.82) is 0 Å². The predicted octanol–water partition coefficient (Wildman–Crippen LogP) is 13.6. The van der Waals surface area contributed by atoms with Crippen LogP contribution in [0.25, 0.3) is 111 Å². The normalized spacial score (nSPS) is 11.9. The molecule has 8 aromatic carbocycles. The third kappa shape index (κ3) is 4.82. The Morgan fingerprint density at radius 3 is 1.68 bits per heavy atom. The lowest BCUT2D eigenvalue weighted by Crippen LogP contribution is -1.98. The van der Waals surface area contributed by atoms with E-state index in [1.165, 1.54) is 27.2 Å². The van der Waals surface area contributed by atoms with Gasteiger partial charge in [0.15, 0.2) is 5.82 Å². The third-order valence-corrected chi connectivity index (χ3v) is 11.3. The average Bonchev–Trinajstić information content (AvgIpc) is 3.95. The summed E-state index contributed by atoms with van der Waals surface area (Å²) >= 11 is 0. The highest BCUT2D eigenvalue weighted by atomic mass is 16.3. The van der Waals surface area contributed by atoms with Gasteiger partial charge in [-0.15, -0.1) is 0 Å². The Morgan fingerprint density at radius 1 is 0.351 bits per heavy atom. The smallest absolute Gasteiger partial charge is 0.160 e. The number of nitrogens with zero attached hydrogens (tertiary/aromatic N) is 4. The van der Waals surface area contributed by atoms with Gasteiger partial charge in [0.05, 0.1) is 38.8 Å². The number of para-hydroxylation sites is 3. The van der Waals surface area contributed by atoms with Crippen LogP contribution in [0.3, 0.4) is 0 Å². The van der Waals surface area contributed by atoms with Gasteiger partial charge < -0.3 is 13.6 Å². The molecule has 4 aromatic heterocycles. The van der Waals surface area contributed by atoms with Crippen molar-refractivity contribution in [3.05, 3.63) is 194 Å². The average molecular weight is 729 g/mol. The molecular weight excluding hydrogens is 697 g/mol. The zero-order valence-electron chi connectivity index (χ0n) is 30.7. The van der Waals surface area contributed by atoms with Crippen LogP contribution in [0.1, 0.15) is 0 Å². The second kappa shape index (κ2) is 12.4. The van der Waals surface area contributed by atoms with E-state index in [1.54, 1.807) is 0 Å². The lowest BCUT2D eigenvalue weighted by molar-refractivity contribution is 0.669. The molecule has 5 nitrogen and oxygen atoms in total. The molecular formula is C52H32N4O. The number of fused-ring (bicyclic) bond motifs is 11. The summed E-state index contributed by atoms with van der Waals surface area (Å²) in [5.41, 5.74) is 13.2. The molecule has 0 unspecified atom stereocenters. The molecule has 4 heterocycles. The van der Waals surface area contributed by atoms with Crippen molar-refractivity contribution in [1.82, 2.24) is 19.1 Å². The van der Waals surface area contributed by atoms with Gasteiger partial charge >= 0.3 is 0 Å². The molecule has 5 heteroatoms. The Kier molecular flexibility index (Phi) is 6.86. The van der Waals surface area contributed by atoms with Crippen molar-refractivity contribution >= 4 is 65.6 Å². The molecule has 0 fully saturated rings. The first-order chi connectivity index (χ1) is 28.3. The summed E-state index contributed by atoms with van der Waals surface area (Å²) in [5, 5.41) is 6.97. The van der Waals surface area contributed by atoms with Gasteiger partial charge in [0, 0.05) is 55.0 Å². The summed E-state index contributed by atoms with van der Waals surface area (Å²) in [6, 6.07) is 68.2. The molecule has 0 spiro atoms. The van der Waals surface area contributed by atoms with Crippen LogP contribution in [0.4, 0.5) is 0 Å². The molecule has 0 aliphatic heterocycles. The molecule has 0 aliphatic rings. The van der Waals surface area contributed by atoms with E-state index in [0.717, 1.165) is 77.8 Å². The molecule has 0 N–H and O–H groups in total. The number of hydrogen-bond donors (Lipinski definition) is 0. The Labute approximate surface area is 327 Å². The van der Waals surface area contributed by atoms with E-state index in [-0.39, 0.29) is 0 Å². The van der Waals surface area contributed by atoms with Crippen LogP contribution < -0.4 is 0 Å². The second-order valence-corrected chi connectivity index (χ2v) is 14.6. The van der Waals surface area contributed by atoms with Gasteiger partial charge in [0.2, 0.25) is 0 Å². The van der Waals surface area contributed by atoms with Crippen LogP contribution in [-0.2, 0) is 0 Å². The van der Waals surface area contributed by atoms with Crippen molar-refractivity contribution in [2.45, 2.75) is 0 Å².